The minimum Gasteiger partial charge on any atom is -0.396 e. The number of ether oxygens (including phenoxy) is 1. The van der Waals surface area contributed by atoms with Gasteiger partial charge in [-0.2, -0.15) is 0 Å². The van der Waals surface area contributed by atoms with Crippen molar-refractivity contribution in [3.63, 3.8) is 0 Å². The summed E-state index contributed by atoms with van der Waals surface area (Å²) in [6.07, 6.45) is 1.81. The summed E-state index contributed by atoms with van der Waals surface area (Å²) in [5, 5.41) is 7.28. The number of pyridine rings is 1. The van der Waals surface area contributed by atoms with Gasteiger partial charge >= 0.3 is 0 Å². The van der Waals surface area contributed by atoms with E-state index in [1.54, 1.807) is 6.20 Å². The second-order valence-electron chi connectivity index (χ2n) is 5.74. The Bertz CT molecular complexity index is 645. The zero-order valence-corrected chi connectivity index (χ0v) is 13.6. The fourth-order valence-electron chi connectivity index (χ4n) is 2.82. The molecule has 2 aromatic rings. The van der Waals surface area contributed by atoms with Crippen molar-refractivity contribution >= 4 is 11.5 Å². The van der Waals surface area contributed by atoms with Gasteiger partial charge in [-0.25, -0.2) is 4.98 Å². The van der Waals surface area contributed by atoms with Crippen molar-refractivity contribution in [2.24, 2.45) is 0 Å². The zero-order chi connectivity index (χ0) is 16.2. The third-order valence-corrected chi connectivity index (χ3v) is 4.06. The maximum Gasteiger partial charge on any atom is 0.149 e. The Morgan fingerprint density at radius 3 is 2.74 bits per heavy atom. The summed E-state index contributed by atoms with van der Waals surface area (Å²) in [5.41, 5.74) is 9.50. The second-order valence-corrected chi connectivity index (χ2v) is 5.74. The van der Waals surface area contributed by atoms with E-state index in [9.17, 15) is 0 Å². The molecule has 3 N–H and O–H groups in total. The Labute approximate surface area is 135 Å². The maximum absolute atomic E-state index is 6.14. The predicted octanol–water partition coefficient (Wildman–Crippen LogP) is 1.68. The lowest BCUT2D eigenvalue weighted by molar-refractivity contribution is 0.0398. The van der Waals surface area contributed by atoms with Crippen LogP contribution in [0.5, 0.6) is 0 Å². The summed E-state index contributed by atoms with van der Waals surface area (Å²) in [7, 11) is 0. The van der Waals surface area contributed by atoms with E-state index in [2.05, 4.69) is 20.4 Å². The molecule has 124 valence electrons. The lowest BCUT2D eigenvalue weighted by Crippen LogP contribution is -2.39. The van der Waals surface area contributed by atoms with E-state index < -0.39 is 0 Å². The van der Waals surface area contributed by atoms with Crippen LogP contribution in [0.2, 0.25) is 0 Å². The average Bonchev–Trinajstić information content (AvgIpc) is 2.89. The van der Waals surface area contributed by atoms with Crippen molar-refractivity contribution in [2.75, 3.05) is 50.4 Å². The van der Waals surface area contributed by atoms with E-state index in [0.717, 1.165) is 62.0 Å². The van der Waals surface area contributed by atoms with Crippen molar-refractivity contribution in [1.82, 2.24) is 15.0 Å². The molecule has 0 amide bonds. The molecule has 0 spiro atoms. The molecule has 1 aliphatic rings. The lowest BCUT2D eigenvalue weighted by Gasteiger charge is -2.26. The van der Waals surface area contributed by atoms with Gasteiger partial charge in [0, 0.05) is 43.5 Å². The summed E-state index contributed by atoms with van der Waals surface area (Å²) in [6.45, 7) is 9.15. The van der Waals surface area contributed by atoms with Crippen molar-refractivity contribution in [1.29, 1.82) is 0 Å². The van der Waals surface area contributed by atoms with Crippen LogP contribution in [0.15, 0.2) is 16.8 Å². The monoisotopic (exact) mass is 317 g/mol. The Morgan fingerprint density at radius 1 is 1.30 bits per heavy atom. The van der Waals surface area contributed by atoms with E-state index in [-0.39, 0.29) is 0 Å². The maximum atomic E-state index is 6.14. The van der Waals surface area contributed by atoms with Crippen molar-refractivity contribution in [2.45, 2.75) is 13.8 Å². The Balaban J connectivity index is 1.63. The molecule has 0 unspecified atom stereocenters. The first-order chi connectivity index (χ1) is 11.1. The van der Waals surface area contributed by atoms with Gasteiger partial charge in [0.1, 0.15) is 11.6 Å². The highest BCUT2D eigenvalue weighted by Gasteiger charge is 2.14. The van der Waals surface area contributed by atoms with Crippen molar-refractivity contribution in [3.05, 3.63) is 23.7 Å². The highest BCUT2D eigenvalue weighted by atomic mass is 16.5. The van der Waals surface area contributed by atoms with Crippen LogP contribution in [-0.4, -0.2) is 54.4 Å². The SMILES string of the molecule is Cc1noc(C)c1-c1cnc(NCCN2CCOCC2)c(N)c1. The minimum atomic E-state index is 0.629. The van der Waals surface area contributed by atoms with Crippen LogP contribution in [0.25, 0.3) is 11.1 Å². The van der Waals surface area contributed by atoms with E-state index >= 15 is 0 Å². The highest BCUT2D eigenvalue weighted by molar-refractivity contribution is 5.74. The molecule has 0 atom stereocenters. The average molecular weight is 317 g/mol. The van der Waals surface area contributed by atoms with Crippen molar-refractivity contribution < 1.29 is 9.26 Å². The Hall–Kier alpha value is -2.12. The van der Waals surface area contributed by atoms with Crippen LogP contribution in [0.1, 0.15) is 11.5 Å². The third-order valence-electron chi connectivity index (χ3n) is 4.06. The van der Waals surface area contributed by atoms with Crippen LogP contribution < -0.4 is 11.1 Å². The van der Waals surface area contributed by atoms with Gasteiger partial charge < -0.3 is 20.3 Å². The van der Waals surface area contributed by atoms with Gasteiger partial charge in [-0.1, -0.05) is 5.16 Å². The second kappa shape index (κ2) is 6.97. The summed E-state index contributed by atoms with van der Waals surface area (Å²) in [4.78, 5) is 6.82. The van der Waals surface area contributed by atoms with Gasteiger partial charge in [-0.15, -0.1) is 0 Å². The quantitative estimate of drug-likeness (QED) is 0.867. The number of anilines is 2. The standard InChI is InChI=1S/C16H23N5O2/c1-11-15(12(2)23-20-11)13-9-14(17)16(19-10-13)18-3-4-21-5-7-22-8-6-21/h9-10H,3-8,17H2,1-2H3,(H,18,19). The van der Waals surface area contributed by atoms with E-state index in [1.165, 1.54) is 0 Å². The molecule has 23 heavy (non-hydrogen) atoms. The Kier molecular flexibility index (Phi) is 4.78. The first kappa shape index (κ1) is 15.8. The van der Waals surface area contributed by atoms with E-state index in [0.29, 0.717) is 11.5 Å². The molecule has 3 rings (SSSR count). The van der Waals surface area contributed by atoms with Crippen LogP contribution in [-0.2, 0) is 4.74 Å². The molecule has 7 nitrogen and oxygen atoms in total. The Morgan fingerprint density at radius 2 is 2.09 bits per heavy atom. The van der Waals surface area contributed by atoms with Crippen LogP contribution in [0.4, 0.5) is 11.5 Å². The fourth-order valence-corrected chi connectivity index (χ4v) is 2.82. The number of nitrogens with two attached hydrogens (primary N) is 1. The molecule has 1 fully saturated rings. The minimum absolute atomic E-state index is 0.629. The van der Waals surface area contributed by atoms with Gasteiger partial charge in [0.05, 0.1) is 24.6 Å². The largest absolute Gasteiger partial charge is 0.396 e. The highest BCUT2D eigenvalue weighted by Crippen LogP contribution is 2.29. The summed E-state index contributed by atoms with van der Waals surface area (Å²) in [5.74, 6) is 1.49. The molecule has 0 radical (unpaired) electrons. The van der Waals surface area contributed by atoms with E-state index in [1.807, 2.05) is 19.9 Å². The number of nitrogens with zero attached hydrogens (tertiary/aromatic N) is 3. The smallest absolute Gasteiger partial charge is 0.149 e. The van der Waals surface area contributed by atoms with E-state index in [4.69, 9.17) is 15.0 Å². The van der Waals surface area contributed by atoms with Crippen LogP contribution in [0.3, 0.4) is 0 Å². The van der Waals surface area contributed by atoms with Gasteiger partial charge in [0.25, 0.3) is 0 Å². The summed E-state index contributed by atoms with van der Waals surface area (Å²) >= 11 is 0. The van der Waals surface area contributed by atoms with Gasteiger partial charge in [-0.3, -0.25) is 4.90 Å². The van der Waals surface area contributed by atoms with Gasteiger partial charge in [0.15, 0.2) is 0 Å². The number of hydrogen-bond donors (Lipinski definition) is 2. The summed E-state index contributed by atoms with van der Waals surface area (Å²) in [6, 6.07) is 1.91. The zero-order valence-electron chi connectivity index (χ0n) is 13.6. The molecule has 0 aliphatic carbocycles. The lowest BCUT2D eigenvalue weighted by atomic mass is 10.1. The number of nitrogens with one attached hydrogen (secondary N) is 1. The number of hydrogen-bond acceptors (Lipinski definition) is 7. The molecule has 2 aromatic heterocycles. The fraction of sp³-hybridized carbons (Fsp3) is 0.500. The first-order valence-electron chi connectivity index (χ1n) is 7.88. The third kappa shape index (κ3) is 3.62. The summed E-state index contributed by atoms with van der Waals surface area (Å²) < 4.78 is 10.5. The molecule has 0 saturated carbocycles. The number of aryl methyl sites for hydroxylation is 2. The molecular formula is C16H23N5O2. The van der Waals surface area contributed by atoms with Gasteiger partial charge in [-0.05, 0) is 19.9 Å². The van der Waals surface area contributed by atoms with Crippen molar-refractivity contribution in [3.8, 4) is 11.1 Å². The molecule has 1 aliphatic heterocycles. The predicted molar refractivity (Wildman–Crippen MR) is 89.4 cm³/mol. The number of rotatable bonds is 5. The van der Waals surface area contributed by atoms with Gasteiger partial charge in [0.2, 0.25) is 0 Å². The normalized spacial score (nSPS) is 15.7. The number of aromatic nitrogens is 2. The van der Waals surface area contributed by atoms with Crippen LogP contribution >= 0.6 is 0 Å². The number of morpholine rings is 1. The molecular weight excluding hydrogens is 294 g/mol. The molecule has 7 heteroatoms. The topological polar surface area (TPSA) is 89.4 Å². The molecule has 3 heterocycles. The molecule has 1 saturated heterocycles. The van der Waals surface area contributed by atoms with Crippen LogP contribution in [0, 0.1) is 13.8 Å². The number of nitrogen functional groups attached to an aromatic ring is 1. The first-order valence-corrected chi connectivity index (χ1v) is 7.88. The molecule has 0 aromatic carbocycles. The molecule has 0 bridgehead atoms.